The fourth-order valence-electron chi connectivity index (χ4n) is 1.90. The van der Waals surface area contributed by atoms with E-state index in [0.717, 1.165) is 5.92 Å². The highest BCUT2D eigenvalue weighted by molar-refractivity contribution is 6.82. The van der Waals surface area contributed by atoms with E-state index in [1.54, 1.807) is 5.20 Å². The lowest BCUT2D eigenvalue weighted by Gasteiger charge is -2.23. The van der Waals surface area contributed by atoms with Crippen LogP contribution in [0.2, 0.25) is 19.6 Å². The summed E-state index contributed by atoms with van der Waals surface area (Å²) in [5, 5.41) is 1.71. The van der Waals surface area contributed by atoms with Crippen LogP contribution in [0, 0.1) is 5.92 Å². The van der Waals surface area contributed by atoms with Gasteiger partial charge in [-0.1, -0.05) is 50.2 Å². The van der Waals surface area contributed by atoms with Crippen molar-refractivity contribution in [2.75, 3.05) is 0 Å². The van der Waals surface area contributed by atoms with E-state index in [4.69, 9.17) is 0 Å². The fraction of sp³-hybridized carbons (Fsp3) is 0.833. The van der Waals surface area contributed by atoms with Gasteiger partial charge in [0.25, 0.3) is 0 Å². The van der Waals surface area contributed by atoms with Crippen LogP contribution in [-0.2, 0) is 0 Å². The van der Waals surface area contributed by atoms with Gasteiger partial charge in [0.15, 0.2) is 0 Å². The van der Waals surface area contributed by atoms with E-state index in [1.807, 2.05) is 0 Å². The Hall–Kier alpha value is -0.0431. The minimum Gasteiger partial charge on any atom is -0.0877 e. The molecular formula is C12H24Si. The highest BCUT2D eigenvalue weighted by atomic mass is 28.3. The van der Waals surface area contributed by atoms with Crippen molar-refractivity contribution in [1.29, 1.82) is 0 Å². The van der Waals surface area contributed by atoms with Crippen LogP contribution < -0.4 is 0 Å². The molecule has 1 saturated carbocycles. The van der Waals surface area contributed by atoms with E-state index in [1.165, 1.54) is 32.1 Å². The molecule has 0 aromatic carbocycles. The Morgan fingerprint density at radius 2 is 1.62 bits per heavy atom. The molecule has 0 atom stereocenters. The van der Waals surface area contributed by atoms with Crippen molar-refractivity contribution in [2.24, 2.45) is 5.92 Å². The molecule has 0 aliphatic heterocycles. The Balaban J connectivity index is 2.53. The van der Waals surface area contributed by atoms with E-state index in [-0.39, 0.29) is 0 Å². The van der Waals surface area contributed by atoms with Crippen molar-refractivity contribution in [2.45, 2.75) is 58.7 Å². The molecule has 0 heterocycles. The monoisotopic (exact) mass is 196 g/mol. The second kappa shape index (κ2) is 4.45. The van der Waals surface area contributed by atoms with E-state index in [9.17, 15) is 0 Å². The molecular weight excluding hydrogens is 172 g/mol. The zero-order valence-corrected chi connectivity index (χ0v) is 10.7. The van der Waals surface area contributed by atoms with Crippen molar-refractivity contribution < 1.29 is 0 Å². The summed E-state index contributed by atoms with van der Waals surface area (Å²) in [5.41, 5.74) is 0. The smallest absolute Gasteiger partial charge is 0.0716 e. The van der Waals surface area contributed by atoms with Gasteiger partial charge in [0, 0.05) is 0 Å². The Morgan fingerprint density at radius 3 is 2.08 bits per heavy atom. The van der Waals surface area contributed by atoms with Crippen molar-refractivity contribution >= 4 is 8.07 Å². The number of hydrogen-bond donors (Lipinski definition) is 0. The lowest BCUT2D eigenvalue weighted by molar-refractivity contribution is 0.418. The van der Waals surface area contributed by atoms with Gasteiger partial charge >= 0.3 is 0 Å². The number of allylic oxidation sites excluding steroid dienone is 2. The summed E-state index contributed by atoms with van der Waals surface area (Å²) in [5.74, 6) is 0.917. The Kier molecular flexibility index (Phi) is 3.78. The maximum absolute atomic E-state index is 2.59. The number of rotatable bonds is 2. The molecule has 13 heavy (non-hydrogen) atoms. The normalized spacial score (nSPS) is 22.0. The molecule has 0 nitrogen and oxygen atoms in total. The van der Waals surface area contributed by atoms with Crippen LogP contribution >= 0.6 is 0 Å². The molecule has 0 radical (unpaired) electrons. The summed E-state index contributed by atoms with van der Waals surface area (Å²) in [6.45, 7) is 9.69. The Bertz CT molecular complexity index is 180. The van der Waals surface area contributed by atoms with Crippen molar-refractivity contribution in [3.8, 4) is 0 Å². The second-order valence-corrected chi connectivity index (χ2v) is 10.8. The van der Waals surface area contributed by atoms with Crippen LogP contribution in [-0.4, -0.2) is 8.07 Å². The van der Waals surface area contributed by atoms with Gasteiger partial charge in [-0.15, -0.1) is 0 Å². The first-order chi connectivity index (χ1) is 6.00. The minimum atomic E-state index is -0.983. The molecule has 1 aliphatic carbocycles. The first-order valence-electron chi connectivity index (χ1n) is 5.69. The minimum absolute atomic E-state index is 0.917. The summed E-state index contributed by atoms with van der Waals surface area (Å²) in [7, 11) is -0.983. The molecule has 0 unspecified atom stereocenters. The molecule has 0 aromatic rings. The van der Waals surface area contributed by atoms with Crippen molar-refractivity contribution in [3.05, 3.63) is 11.3 Å². The summed E-state index contributed by atoms with van der Waals surface area (Å²) < 4.78 is 0. The maximum atomic E-state index is 2.59. The quantitative estimate of drug-likeness (QED) is 0.575. The molecule has 0 spiro atoms. The van der Waals surface area contributed by atoms with E-state index < -0.39 is 8.07 Å². The van der Waals surface area contributed by atoms with Gasteiger partial charge in [-0.3, -0.25) is 0 Å². The standard InChI is InChI=1S/C12H24Si/c1-11(13(2,3)4)10-12-8-6-5-7-9-12/h10,12H,5-9H2,1-4H3/b11-10+. The molecule has 0 amide bonds. The molecule has 1 aliphatic rings. The van der Waals surface area contributed by atoms with Crippen LogP contribution in [0.5, 0.6) is 0 Å². The van der Waals surface area contributed by atoms with Gasteiger partial charge in [-0.25, -0.2) is 0 Å². The molecule has 0 saturated heterocycles. The van der Waals surface area contributed by atoms with Crippen LogP contribution in [0.1, 0.15) is 39.0 Å². The topological polar surface area (TPSA) is 0 Å². The molecule has 0 N–H and O–H groups in total. The summed E-state index contributed by atoms with van der Waals surface area (Å²) in [6, 6.07) is 0. The van der Waals surface area contributed by atoms with Gasteiger partial charge in [-0.05, 0) is 25.7 Å². The SMILES string of the molecule is C/C(=C\C1CCCCC1)[Si](C)(C)C. The average molecular weight is 196 g/mol. The van der Waals surface area contributed by atoms with Crippen LogP contribution in [0.15, 0.2) is 11.3 Å². The first kappa shape index (κ1) is 11.0. The predicted molar refractivity (Wildman–Crippen MR) is 63.7 cm³/mol. The highest BCUT2D eigenvalue weighted by Gasteiger charge is 2.18. The van der Waals surface area contributed by atoms with Gasteiger partial charge in [0.1, 0.15) is 0 Å². The second-order valence-electron chi connectivity index (χ2n) is 5.50. The first-order valence-corrected chi connectivity index (χ1v) is 9.19. The molecule has 0 bridgehead atoms. The van der Waals surface area contributed by atoms with Gasteiger partial charge < -0.3 is 0 Å². The van der Waals surface area contributed by atoms with Crippen molar-refractivity contribution in [3.63, 3.8) is 0 Å². The Morgan fingerprint density at radius 1 is 1.08 bits per heavy atom. The highest BCUT2D eigenvalue weighted by Crippen LogP contribution is 2.27. The lowest BCUT2D eigenvalue weighted by Crippen LogP contribution is -2.23. The lowest BCUT2D eigenvalue weighted by atomic mass is 9.89. The van der Waals surface area contributed by atoms with Crippen LogP contribution in [0.25, 0.3) is 0 Å². The van der Waals surface area contributed by atoms with Gasteiger partial charge in [0.05, 0.1) is 8.07 Å². The zero-order valence-electron chi connectivity index (χ0n) is 9.69. The summed E-state index contributed by atoms with van der Waals surface area (Å²) in [6.07, 6.45) is 9.87. The van der Waals surface area contributed by atoms with E-state index in [0.29, 0.717) is 0 Å². The summed E-state index contributed by atoms with van der Waals surface area (Å²) in [4.78, 5) is 0. The largest absolute Gasteiger partial charge is 0.0877 e. The zero-order chi connectivity index (χ0) is 9.90. The van der Waals surface area contributed by atoms with Crippen LogP contribution in [0.4, 0.5) is 0 Å². The maximum Gasteiger partial charge on any atom is 0.0716 e. The predicted octanol–water partition coefficient (Wildman–Crippen LogP) is 4.39. The molecule has 76 valence electrons. The Labute approximate surface area is 84.4 Å². The fourth-order valence-corrected chi connectivity index (χ4v) is 2.64. The summed E-state index contributed by atoms with van der Waals surface area (Å²) >= 11 is 0. The van der Waals surface area contributed by atoms with Crippen molar-refractivity contribution in [1.82, 2.24) is 0 Å². The van der Waals surface area contributed by atoms with Gasteiger partial charge in [0.2, 0.25) is 0 Å². The molecule has 1 heteroatoms. The van der Waals surface area contributed by atoms with E-state index >= 15 is 0 Å². The third-order valence-corrected chi connectivity index (χ3v) is 5.85. The number of hydrogen-bond acceptors (Lipinski definition) is 0. The van der Waals surface area contributed by atoms with E-state index in [2.05, 4.69) is 32.6 Å². The van der Waals surface area contributed by atoms with Gasteiger partial charge in [-0.2, -0.15) is 0 Å². The molecule has 1 fully saturated rings. The molecule has 0 aromatic heterocycles. The average Bonchev–Trinajstić information content (AvgIpc) is 2.04. The molecule has 1 rings (SSSR count). The third-order valence-electron chi connectivity index (χ3n) is 3.32. The van der Waals surface area contributed by atoms with Crippen LogP contribution in [0.3, 0.4) is 0 Å². The third kappa shape index (κ3) is 3.68.